The maximum atomic E-state index is 4.35. The van der Waals surface area contributed by atoms with E-state index in [1.807, 2.05) is 24.0 Å². The van der Waals surface area contributed by atoms with Crippen molar-refractivity contribution in [3.8, 4) is 0 Å². The zero-order valence-electron chi connectivity index (χ0n) is 12.1. The molecule has 0 aromatic carbocycles. The lowest BCUT2D eigenvalue weighted by molar-refractivity contribution is 0.711. The Morgan fingerprint density at radius 3 is 2.65 bits per heavy atom. The molecular weight excluding hydrogens is 272 g/mol. The first-order valence-electron chi connectivity index (χ1n) is 6.65. The molecule has 0 saturated carbocycles. The van der Waals surface area contributed by atoms with Gasteiger partial charge in [0, 0.05) is 49.8 Å². The highest BCUT2D eigenvalue weighted by Gasteiger charge is 2.03. The summed E-state index contributed by atoms with van der Waals surface area (Å²) in [5, 5.41) is 12.2. The van der Waals surface area contributed by atoms with Crippen molar-refractivity contribution in [2.24, 2.45) is 7.05 Å². The zero-order valence-corrected chi connectivity index (χ0v) is 12.9. The van der Waals surface area contributed by atoms with Gasteiger partial charge in [0.2, 0.25) is 0 Å². The van der Waals surface area contributed by atoms with Crippen LogP contribution in [0.4, 0.5) is 0 Å². The van der Waals surface area contributed by atoms with E-state index in [0.29, 0.717) is 5.92 Å². The van der Waals surface area contributed by atoms with Crippen molar-refractivity contribution in [2.75, 3.05) is 12.3 Å². The van der Waals surface area contributed by atoms with Crippen LogP contribution in [-0.4, -0.2) is 37.0 Å². The molecule has 0 aliphatic carbocycles. The summed E-state index contributed by atoms with van der Waals surface area (Å²) < 4.78 is 1.92. The van der Waals surface area contributed by atoms with Crippen molar-refractivity contribution in [1.29, 1.82) is 0 Å². The lowest BCUT2D eigenvalue weighted by atomic mass is 10.2. The van der Waals surface area contributed by atoms with Gasteiger partial charge in [-0.05, 0) is 0 Å². The number of thioether (sulfide) groups is 1. The number of nitrogens with zero attached hydrogens (tertiary/aromatic N) is 5. The number of aromatic nitrogens is 5. The normalized spacial score (nSPS) is 11.2. The number of hydrogen-bond donors (Lipinski definition) is 1. The molecule has 0 aliphatic rings. The first-order chi connectivity index (χ1) is 9.66. The largest absolute Gasteiger partial charge is 0.312 e. The molecule has 0 radical (unpaired) electrons. The van der Waals surface area contributed by atoms with Crippen molar-refractivity contribution in [1.82, 2.24) is 30.0 Å². The highest BCUT2D eigenvalue weighted by atomic mass is 32.2. The average molecular weight is 292 g/mol. The Hall–Kier alpha value is -1.47. The Balaban J connectivity index is 1.67. The lowest BCUT2D eigenvalue weighted by Gasteiger charge is -2.06. The van der Waals surface area contributed by atoms with E-state index < -0.39 is 0 Å². The second-order valence-electron chi connectivity index (χ2n) is 4.85. The number of rotatable bonds is 7. The standard InChI is InChI=1S/C13H20N6S/c1-10(2)12-15-7-11(8-16-12)6-14-4-5-20-13-18-17-9-19(13)3/h7-10,14H,4-6H2,1-3H3. The van der Waals surface area contributed by atoms with Crippen LogP contribution in [0.25, 0.3) is 0 Å². The summed E-state index contributed by atoms with van der Waals surface area (Å²) in [6.07, 6.45) is 5.50. The van der Waals surface area contributed by atoms with Gasteiger partial charge in [0.05, 0.1) is 0 Å². The maximum absolute atomic E-state index is 4.35. The molecule has 7 heteroatoms. The summed E-state index contributed by atoms with van der Waals surface area (Å²) in [5.74, 6) is 2.23. The van der Waals surface area contributed by atoms with Crippen molar-refractivity contribution >= 4 is 11.8 Å². The van der Waals surface area contributed by atoms with E-state index >= 15 is 0 Å². The van der Waals surface area contributed by atoms with Crippen LogP contribution < -0.4 is 5.32 Å². The fraction of sp³-hybridized carbons (Fsp3) is 0.538. The summed E-state index contributed by atoms with van der Waals surface area (Å²) >= 11 is 1.69. The summed E-state index contributed by atoms with van der Waals surface area (Å²) in [6.45, 7) is 5.88. The Morgan fingerprint density at radius 1 is 1.30 bits per heavy atom. The Kier molecular flexibility index (Phi) is 5.49. The predicted molar refractivity (Wildman–Crippen MR) is 79.6 cm³/mol. The fourth-order valence-electron chi connectivity index (χ4n) is 1.60. The van der Waals surface area contributed by atoms with Crippen LogP contribution in [-0.2, 0) is 13.6 Å². The van der Waals surface area contributed by atoms with Gasteiger partial charge in [-0.2, -0.15) is 0 Å². The molecule has 0 spiro atoms. The minimum atomic E-state index is 0.375. The molecule has 0 unspecified atom stereocenters. The van der Waals surface area contributed by atoms with Crippen molar-refractivity contribution in [2.45, 2.75) is 31.5 Å². The van der Waals surface area contributed by atoms with Gasteiger partial charge < -0.3 is 9.88 Å². The molecule has 0 amide bonds. The average Bonchev–Trinajstić information content (AvgIpc) is 2.84. The molecule has 2 aromatic heterocycles. The summed E-state index contributed by atoms with van der Waals surface area (Å²) in [5.41, 5.74) is 1.11. The van der Waals surface area contributed by atoms with Gasteiger partial charge in [0.25, 0.3) is 0 Å². The molecule has 2 aromatic rings. The Bertz CT molecular complexity index is 522. The maximum Gasteiger partial charge on any atom is 0.190 e. The van der Waals surface area contributed by atoms with E-state index in [1.165, 1.54) is 0 Å². The molecule has 108 valence electrons. The smallest absolute Gasteiger partial charge is 0.190 e. The highest BCUT2D eigenvalue weighted by Crippen LogP contribution is 2.12. The van der Waals surface area contributed by atoms with Crippen molar-refractivity contribution in [3.63, 3.8) is 0 Å². The predicted octanol–water partition coefficient (Wildman–Crippen LogP) is 1.61. The van der Waals surface area contributed by atoms with Crippen LogP contribution in [0.2, 0.25) is 0 Å². The van der Waals surface area contributed by atoms with Gasteiger partial charge >= 0.3 is 0 Å². The number of aryl methyl sites for hydroxylation is 1. The van der Waals surface area contributed by atoms with Gasteiger partial charge in [0.1, 0.15) is 12.2 Å². The molecule has 0 aliphatic heterocycles. The first kappa shape index (κ1) is 14.9. The fourth-order valence-corrected chi connectivity index (χ4v) is 2.39. The van der Waals surface area contributed by atoms with Crippen LogP contribution in [0.3, 0.4) is 0 Å². The van der Waals surface area contributed by atoms with Crippen LogP contribution in [0.5, 0.6) is 0 Å². The van der Waals surface area contributed by atoms with E-state index in [1.54, 1.807) is 18.1 Å². The molecule has 0 fully saturated rings. The highest BCUT2D eigenvalue weighted by molar-refractivity contribution is 7.99. The molecule has 1 N–H and O–H groups in total. The minimum Gasteiger partial charge on any atom is -0.312 e. The first-order valence-corrected chi connectivity index (χ1v) is 7.63. The monoisotopic (exact) mass is 292 g/mol. The van der Waals surface area contributed by atoms with E-state index in [2.05, 4.69) is 39.3 Å². The SMILES string of the molecule is CC(C)c1ncc(CNCCSc2nncn2C)cn1. The molecule has 2 rings (SSSR count). The van der Waals surface area contributed by atoms with E-state index in [9.17, 15) is 0 Å². The van der Waals surface area contributed by atoms with Crippen molar-refractivity contribution < 1.29 is 0 Å². The molecule has 0 saturated heterocycles. The van der Waals surface area contributed by atoms with Gasteiger partial charge in [-0.3, -0.25) is 0 Å². The van der Waals surface area contributed by atoms with E-state index in [4.69, 9.17) is 0 Å². The van der Waals surface area contributed by atoms with Crippen molar-refractivity contribution in [3.05, 3.63) is 30.1 Å². The van der Waals surface area contributed by atoms with Crippen LogP contribution in [0.1, 0.15) is 31.2 Å². The van der Waals surface area contributed by atoms with E-state index in [0.717, 1.165) is 35.4 Å². The Morgan fingerprint density at radius 2 is 2.05 bits per heavy atom. The van der Waals surface area contributed by atoms with Gasteiger partial charge in [-0.15, -0.1) is 10.2 Å². The van der Waals surface area contributed by atoms with E-state index in [-0.39, 0.29) is 0 Å². The third-order valence-electron chi connectivity index (χ3n) is 2.75. The van der Waals surface area contributed by atoms with Crippen LogP contribution in [0, 0.1) is 0 Å². The zero-order chi connectivity index (χ0) is 14.4. The summed E-state index contributed by atoms with van der Waals surface area (Å²) in [7, 11) is 1.95. The summed E-state index contributed by atoms with van der Waals surface area (Å²) in [6, 6.07) is 0. The quantitative estimate of drug-likeness (QED) is 0.617. The Labute approximate surface area is 123 Å². The molecule has 0 atom stereocenters. The molecule has 2 heterocycles. The van der Waals surface area contributed by atoms with Crippen LogP contribution in [0.15, 0.2) is 23.9 Å². The molecular formula is C13H20N6S. The summed E-state index contributed by atoms with van der Waals surface area (Å²) in [4.78, 5) is 8.70. The number of nitrogens with one attached hydrogen (secondary N) is 1. The van der Waals surface area contributed by atoms with Gasteiger partial charge in [-0.25, -0.2) is 9.97 Å². The third-order valence-corrected chi connectivity index (χ3v) is 3.79. The minimum absolute atomic E-state index is 0.375. The van der Waals surface area contributed by atoms with Gasteiger partial charge in [-0.1, -0.05) is 25.6 Å². The lowest BCUT2D eigenvalue weighted by Crippen LogP contribution is -2.17. The topological polar surface area (TPSA) is 68.5 Å². The number of hydrogen-bond acceptors (Lipinski definition) is 6. The second-order valence-corrected chi connectivity index (χ2v) is 5.92. The third kappa shape index (κ3) is 4.28. The molecule has 0 bridgehead atoms. The molecule has 6 nitrogen and oxygen atoms in total. The van der Waals surface area contributed by atoms with Crippen LogP contribution >= 0.6 is 11.8 Å². The second kappa shape index (κ2) is 7.35. The molecule has 20 heavy (non-hydrogen) atoms. The van der Waals surface area contributed by atoms with Gasteiger partial charge in [0.15, 0.2) is 5.16 Å².